The van der Waals surface area contributed by atoms with Crippen molar-refractivity contribution in [3.8, 4) is 0 Å². The first-order chi connectivity index (χ1) is 6.74. The van der Waals surface area contributed by atoms with Crippen molar-refractivity contribution in [2.75, 3.05) is 5.32 Å². The highest BCUT2D eigenvalue weighted by Gasteiger charge is 1.99. The van der Waals surface area contributed by atoms with Crippen LogP contribution in [0.1, 0.15) is 23.7 Å². The maximum Gasteiger partial charge on any atom is 0.335 e. The number of hydrogen-bond acceptors (Lipinski definition) is 2. The summed E-state index contributed by atoms with van der Waals surface area (Å²) in [7, 11) is 0. The first kappa shape index (κ1) is 10.3. The van der Waals surface area contributed by atoms with Crippen molar-refractivity contribution in [1.82, 2.24) is 0 Å². The molecule has 0 bridgehead atoms. The Morgan fingerprint density at radius 1 is 1.43 bits per heavy atom. The third kappa shape index (κ3) is 2.94. The number of hydrogen-bond donors (Lipinski definition) is 2. The summed E-state index contributed by atoms with van der Waals surface area (Å²) in [6, 6.07) is 6.63. The molecule has 0 unspecified atom stereocenters. The highest BCUT2D eigenvalue weighted by atomic mass is 16.4. The fourth-order valence-electron chi connectivity index (χ4n) is 0.982. The lowest BCUT2D eigenvalue weighted by atomic mass is 10.2. The predicted octanol–water partition coefficient (Wildman–Crippen LogP) is 2.72. The molecular formula is C11H13NO2. The molecule has 0 atom stereocenters. The number of rotatable bonds is 4. The Kier molecular flexibility index (Phi) is 3.73. The van der Waals surface area contributed by atoms with Crippen LogP contribution in [0.5, 0.6) is 0 Å². The summed E-state index contributed by atoms with van der Waals surface area (Å²) in [4.78, 5) is 10.5. The first-order valence-electron chi connectivity index (χ1n) is 4.49. The largest absolute Gasteiger partial charge is 0.478 e. The standard InChI is InChI=1S/C11H13NO2/c1-2-3-8-12-10-6-4-9(5-7-10)11(13)14/h3-8,12H,2H2,1H3,(H,13,14)/b8-3+. The molecule has 2 N–H and O–H groups in total. The fourth-order valence-corrected chi connectivity index (χ4v) is 0.982. The molecule has 0 amide bonds. The van der Waals surface area contributed by atoms with E-state index >= 15 is 0 Å². The van der Waals surface area contributed by atoms with Gasteiger partial charge in [-0.1, -0.05) is 13.0 Å². The van der Waals surface area contributed by atoms with Crippen LogP contribution in [0.25, 0.3) is 0 Å². The van der Waals surface area contributed by atoms with E-state index < -0.39 is 5.97 Å². The molecule has 0 aliphatic heterocycles. The van der Waals surface area contributed by atoms with Gasteiger partial charge in [-0.25, -0.2) is 4.79 Å². The number of carbonyl (C=O) groups is 1. The average molecular weight is 191 g/mol. The Bertz CT molecular complexity index is 328. The summed E-state index contributed by atoms with van der Waals surface area (Å²) in [6.45, 7) is 2.05. The lowest BCUT2D eigenvalue weighted by Crippen LogP contribution is -1.95. The Morgan fingerprint density at radius 3 is 2.57 bits per heavy atom. The fraction of sp³-hybridized carbons (Fsp3) is 0.182. The number of allylic oxidation sites excluding steroid dienone is 1. The molecule has 0 fully saturated rings. The van der Waals surface area contributed by atoms with E-state index in [0.29, 0.717) is 5.56 Å². The SMILES string of the molecule is CC/C=C/Nc1ccc(C(=O)O)cc1. The summed E-state index contributed by atoms with van der Waals surface area (Å²) < 4.78 is 0. The Labute approximate surface area is 83.1 Å². The van der Waals surface area contributed by atoms with Gasteiger partial charge in [0.25, 0.3) is 0 Å². The summed E-state index contributed by atoms with van der Waals surface area (Å²) >= 11 is 0. The average Bonchev–Trinajstić information content (AvgIpc) is 2.19. The minimum absolute atomic E-state index is 0.301. The number of nitrogens with one attached hydrogen (secondary N) is 1. The van der Waals surface area contributed by atoms with Gasteiger partial charge in [0, 0.05) is 5.69 Å². The van der Waals surface area contributed by atoms with E-state index in [1.165, 1.54) is 0 Å². The summed E-state index contributed by atoms with van der Waals surface area (Å²) in [5.74, 6) is -0.902. The third-order valence-electron chi connectivity index (χ3n) is 1.74. The van der Waals surface area contributed by atoms with Crippen molar-refractivity contribution >= 4 is 11.7 Å². The second-order valence-corrected chi connectivity index (χ2v) is 2.84. The second kappa shape index (κ2) is 5.07. The van der Waals surface area contributed by atoms with Crippen LogP contribution < -0.4 is 5.32 Å². The van der Waals surface area contributed by atoms with E-state index in [4.69, 9.17) is 5.11 Å². The Hall–Kier alpha value is -1.77. The van der Waals surface area contributed by atoms with Crippen molar-refractivity contribution < 1.29 is 9.90 Å². The normalized spacial score (nSPS) is 10.4. The van der Waals surface area contributed by atoms with Crippen molar-refractivity contribution in [1.29, 1.82) is 0 Å². The lowest BCUT2D eigenvalue weighted by molar-refractivity contribution is 0.0697. The molecule has 0 aliphatic carbocycles. The second-order valence-electron chi connectivity index (χ2n) is 2.84. The van der Waals surface area contributed by atoms with Gasteiger partial charge in [-0.15, -0.1) is 0 Å². The van der Waals surface area contributed by atoms with E-state index in [1.807, 2.05) is 19.2 Å². The molecule has 0 aromatic heterocycles. The van der Waals surface area contributed by atoms with Crippen LogP contribution in [0, 0.1) is 0 Å². The summed E-state index contributed by atoms with van der Waals surface area (Å²) in [5.41, 5.74) is 1.19. The maximum atomic E-state index is 10.5. The number of benzene rings is 1. The van der Waals surface area contributed by atoms with Gasteiger partial charge in [0.15, 0.2) is 0 Å². The summed E-state index contributed by atoms with van der Waals surface area (Å²) in [5, 5.41) is 11.7. The molecule has 1 aromatic carbocycles. The molecule has 3 heteroatoms. The molecular weight excluding hydrogens is 178 g/mol. The Morgan fingerprint density at radius 2 is 2.07 bits per heavy atom. The monoisotopic (exact) mass is 191 g/mol. The first-order valence-corrected chi connectivity index (χ1v) is 4.49. The minimum atomic E-state index is -0.902. The van der Waals surface area contributed by atoms with Gasteiger partial charge in [-0.3, -0.25) is 0 Å². The summed E-state index contributed by atoms with van der Waals surface area (Å²) in [6.07, 6.45) is 4.81. The number of carboxylic acid groups (broad SMARTS) is 1. The van der Waals surface area contributed by atoms with Gasteiger partial charge < -0.3 is 10.4 Å². The zero-order chi connectivity index (χ0) is 10.4. The molecule has 14 heavy (non-hydrogen) atoms. The zero-order valence-corrected chi connectivity index (χ0v) is 8.03. The molecule has 0 saturated carbocycles. The van der Waals surface area contributed by atoms with Gasteiger partial charge in [0.1, 0.15) is 0 Å². The highest BCUT2D eigenvalue weighted by molar-refractivity contribution is 5.88. The van der Waals surface area contributed by atoms with Crippen molar-refractivity contribution in [3.05, 3.63) is 42.1 Å². The van der Waals surface area contributed by atoms with Crippen LogP contribution in [0.15, 0.2) is 36.5 Å². The number of carboxylic acids is 1. The quantitative estimate of drug-likeness (QED) is 0.769. The van der Waals surface area contributed by atoms with Crippen LogP contribution in [0.3, 0.4) is 0 Å². The highest BCUT2D eigenvalue weighted by Crippen LogP contribution is 2.09. The Balaban J connectivity index is 2.64. The molecule has 0 radical (unpaired) electrons. The van der Waals surface area contributed by atoms with Crippen LogP contribution in [0.2, 0.25) is 0 Å². The molecule has 74 valence electrons. The van der Waals surface area contributed by atoms with E-state index in [0.717, 1.165) is 12.1 Å². The van der Waals surface area contributed by atoms with Gasteiger partial charge in [-0.2, -0.15) is 0 Å². The van der Waals surface area contributed by atoms with E-state index in [-0.39, 0.29) is 0 Å². The molecule has 0 spiro atoms. The van der Waals surface area contributed by atoms with Gasteiger partial charge >= 0.3 is 5.97 Å². The van der Waals surface area contributed by atoms with Crippen LogP contribution in [0.4, 0.5) is 5.69 Å². The van der Waals surface area contributed by atoms with Gasteiger partial charge in [0.2, 0.25) is 0 Å². The topological polar surface area (TPSA) is 49.3 Å². The van der Waals surface area contributed by atoms with E-state index in [1.54, 1.807) is 24.3 Å². The van der Waals surface area contributed by atoms with Gasteiger partial charge in [0.05, 0.1) is 5.56 Å². The molecule has 0 saturated heterocycles. The molecule has 3 nitrogen and oxygen atoms in total. The number of anilines is 1. The van der Waals surface area contributed by atoms with Crippen LogP contribution >= 0.6 is 0 Å². The molecule has 0 aliphatic rings. The maximum absolute atomic E-state index is 10.5. The molecule has 1 rings (SSSR count). The van der Waals surface area contributed by atoms with Crippen LogP contribution in [-0.2, 0) is 0 Å². The van der Waals surface area contributed by atoms with Crippen LogP contribution in [-0.4, -0.2) is 11.1 Å². The molecule has 1 aromatic rings. The van der Waals surface area contributed by atoms with E-state index in [9.17, 15) is 4.79 Å². The smallest absolute Gasteiger partial charge is 0.335 e. The van der Waals surface area contributed by atoms with Crippen molar-refractivity contribution in [2.45, 2.75) is 13.3 Å². The number of aromatic carboxylic acids is 1. The lowest BCUT2D eigenvalue weighted by Gasteiger charge is -2.00. The molecule has 0 heterocycles. The third-order valence-corrected chi connectivity index (χ3v) is 1.74. The predicted molar refractivity (Wildman–Crippen MR) is 56.5 cm³/mol. The zero-order valence-electron chi connectivity index (χ0n) is 8.03. The van der Waals surface area contributed by atoms with Gasteiger partial charge in [-0.05, 0) is 36.9 Å². The van der Waals surface area contributed by atoms with Crippen molar-refractivity contribution in [3.63, 3.8) is 0 Å². The van der Waals surface area contributed by atoms with E-state index in [2.05, 4.69) is 5.32 Å². The van der Waals surface area contributed by atoms with Crippen molar-refractivity contribution in [2.24, 2.45) is 0 Å². The minimum Gasteiger partial charge on any atom is -0.478 e.